The Hall–Kier alpha value is -0.820. The summed E-state index contributed by atoms with van der Waals surface area (Å²) in [6.07, 6.45) is 0.654. The molecule has 1 aliphatic heterocycles. The van der Waals surface area contributed by atoms with Crippen LogP contribution in [0.1, 0.15) is 37.6 Å². The average molecular weight is 380 g/mol. The van der Waals surface area contributed by atoms with Crippen LogP contribution in [0.15, 0.2) is 17.0 Å². The van der Waals surface area contributed by atoms with Crippen molar-refractivity contribution in [2.24, 2.45) is 0 Å². The highest BCUT2D eigenvalue weighted by molar-refractivity contribution is 7.91. The van der Waals surface area contributed by atoms with Gasteiger partial charge in [-0.1, -0.05) is 30.1 Å². The molecule has 0 aromatic heterocycles. The van der Waals surface area contributed by atoms with Crippen LogP contribution in [-0.2, 0) is 14.6 Å². The molecule has 1 amide bonds. The van der Waals surface area contributed by atoms with Crippen molar-refractivity contribution in [3.8, 4) is 0 Å². The number of nitrogens with one attached hydrogen (secondary N) is 1. The largest absolute Gasteiger partial charge is 0.373 e. The summed E-state index contributed by atoms with van der Waals surface area (Å²) in [5, 5.41) is 2.77. The van der Waals surface area contributed by atoms with Gasteiger partial charge in [0.05, 0.1) is 44.5 Å². The molecule has 1 atom stereocenters. The quantitative estimate of drug-likeness (QED) is 0.871. The predicted octanol–water partition coefficient (Wildman–Crippen LogP) is 3.08. The van der Waals surface area contributed by atoms with E-state index in [1.165, 1.54) is 19.1 Å². The number of amides is 1. The second-order valence-corrected chi connectivity index (χ2v) is 9.11. The normalized spacial score (nSPS) is 20.5. The maximum atomic E-state index is 12.5. The van der Waals surface area contributed by atoms with E-state index < -0.39 is 15.7 Å². The van der Waals surface area contributed by atoms with Gasteiger partial charge in [-0.25, -0.2) is 8.42 Å². The Morgan fingerprint density at radius 3 is 2.57 bits per heavy atom. The molecule has 1 heterocycles. The molecule has 0 aliphatic carbocycles. The highest BCUT2D eigenvalue weighted by atomic mass is 35.5. The summed E-state index contributed by atoms with van der Waals surface area (Å²) < 4.78 is 29.7. The summed E-state index contributed by atoms with van der Waals surface area (Å²) in [6, 6.07) is 2.53. The summed E-state index contributed by atoms with van der Waals surface area (Å²) in [5.74, 6) is -0.612. The van der Waals surface area contributed by atoms with Crippen molar-refractivity contribution in [1.82, 2.24) is 5.32 Å². The van der Waals surface area contributed by atoms with E-state index in [2.05, 4.69) is 5.32 Å². The number of ether oxygens (including phenoxy) is 1. The van der Waals surface area contributed by atoms with Crippen LogP contribution < -0.4 is 5.32 Å². The first-order valence-corrected chi connectivity index (χ1v) is 9.64. The summed E-state index contributed by atoms with van der Waals surface area (Å²) in [7, 11) is -3.54. The zero-order valence-corrected chi connectivity index (χ0v) is 15.5. The molecule has 2 rings (SSSR count). The Balaban J connectivity index is 2.32. The van der Waals surface area contributed by atoms with Crippen LogP contribution in [0.25, 0.3) is 0 Å². The minimum Gasteiger partial charge on any atom is -0.373 e. The van der Waals surface area contributed by atoms with Crippen LogP contribution in [0, 0.1) is 0 Å². The van der Waals surface area contributed by atoms with Gasteiger partial charge in [-0.3, -0.25) is 4.79 Å². The Labute approximate surface area is 146 Å². The van der Waals surface area contributed by atoms with E-state index >= 15 is 0 Å². The second-order valence-electron chi connectivity index (χ2n) is 6.08. The van der Waals surface area contributed by atoms with Crippen LogP contribution in [-0.4, -0.2) is 38.3 Å². The standard InChI is InChI=1S/C15H19Cl2NO4S/c1-4-23(20,21)11-6-5-10(16)12(13(11)17)14(19)18-9-7-15(2,3)22-8-9/h5-6,9H,4,7-8H2,1-3H3,(H,18,19). The molecule has 1 aromatic rings. The molecule has 0 saturated carbocycles. The van der Waals surface area contributed by atoms with Crippen LogP contribution in [0.3, 0.4) is 0 Å². The number of sulfone groups is 1. The lowest BCUT2D eigenvalue weighted by Crippen LogP contribution is -2.36. The molecule has 128 valence electrons. The smallest absolute Gasteiger partial charge is 0.254 e. The molecule has 0 spiro atoms. The monoisotopic (exact) mass is 379 g/mol. The van der Waals surface area contributed by atoms with E-state index in [1.807, 2.05) is 13.8 Å². The first-order valence-electron chi connectivity index (χ1n) is 7.23. The number of carbonyl (C=O) groups excluding carboxylic acids is 1. The van der Waals surface area contributed by atoms with Crippen molar-refractivity contribution >= 4 is 38.9 Å². The fraction of sp³-hybridized carbons (Fsp3) is 0.533. The van der Waals surface area contributed by atoms with Crippen molar-refractivity contribution in [3.05, 3.63) is 27.7 Å². The van der Waals surface area contributed by atoms with Crippen LogP contribution in [0.2, 0.25) is 10.0 Å². The maximum Gasteiger partial charge on any atom is 0.254 e. The fourth-order valence-electron chi connectivity index (χ4n) is 2.52. The van der Waals surface area contributed by atoms with Gasteiger partial charge in [-0.2, -0.15) is 0 Å². The molecular formula is C15H19Cl2NO4S. The minimum atomic E-state index is -3.54. The van der Waals surface area contributed by atoms with Gasteiger partial charge in [0.25, 0.3) is 5.91 Å². The van der Waals surface area contributed by atoms with Gasteiger partial charge in [0, 0.05) is 0 Å². The van der Waals surface area contributed by atoms with Crippen LogP contribution >= 0.6 is 23.2 Å². The number of halogens is 2. The number of rotatable bonds is 4. The summed E-state index contributed by atoms with van der Waals surface area (Å²) in [5.41, 5.74) is -0.327. The molecule has 5 nitrogen and oxygen atoms in total. The Morgan fingerprint density at radius 2 is 2.04 bits per heavy atom. The van der Waals surface area contributed by atoms with E-state index in [4.69, 9.17) is 27.9 Å². The number of hydrogen-bond donors (Lipinski definition) is 1. The maximum absolute atomic E-state index is 12.5. The lowest BCUT2D eigenvalue weighted by molar-refractivity contribution is 0.0355. The van der Waals surface area contributed by atoms with Crippen molar-refractivity contribution in [1.29, 1.82) is 0 Å². The topological polar surface area (TPSA) is 72.5 Å². The summed E-state index contributed by atoms with van der Waals surface area (Å²) >= 11 is 12.2. The lowest BCUT2D eigenvalue weighted by Gasteiger charge is -2.17. The van der Waals surface area contributed by atoms with Crippen LogP contribution in [0.5, 0.6) is 0 Å². The van der Waals surface area contributed by atoms with Crippen LogP contribution in [0.4, 0.5) is 0 Å². The van der Waals surface area contributed by atoms with Gasteiger partial charge in [0.2, 0.25) is 0 Å². The minimum absolute atomic E-state index is 0.0208. The highest BCUT2D eigenvalue weighted by Crippen LogP contribution is 2.32. The van der Waals surface area contributed by atoms with Gasteiger partial charge in [-0.05, 0) is 32.4 Å². The third-order valence-electron chi connectivity index (χ3n) is 3.75. The molecule has 1 N–H and O–H groups in total. The van der Waals surface area contributed by atoms with Gasteiger partial charge in [0.1, 0.15) is 0 Å². The lowest BCUT2D eigenvalue weighted by atomic mass is 10.0. The Kier molecular flexibility index (Phi) is 5.31. The number of carbonyl (C=O) groups is 1. The molecular weight excluding hydrogens is 361 g/mol. The highest BCUT2D eigenvalue weighted by Gasteiger charge is 2.34. The molecule has 23 heavy (non-hydrogen) atoms. The zero-order chi connectivity index (χ0) is 17.4. The van der Waals surface area contributed by atoms with E-state index in [9.17, 15) is 13.2 Å². The van der Waals surface area contributed by atoms with E-state index in [0.29, 0.717) is 13.0 Å². The van der Waals surface area contributed by atoms with Crippen molar-refractivity contribution in [3.63, 3.8) is 0 Å². The SMILES string of the molecule is CCS(=O)(=O)c1ccc(Cl)c(C(=O)NC2COC(C)(C)C2)c1Cl. The molecule has 0 bridgehead atoms. The third-order valence-corrected chi connectivity index (χ3v) is 6.34. The third kappa shape index (κ3) is 3.99. The van der Waals surface area contributed by atoms with Crippen molar-refractivity contribution < 1.29 is 17.9 Å². The first-order chi connectivity index (χ1) is 10.6. The van der Waals surface area contributed by atoms with E-state index in [-0.39, 0.29) is 37.9 Å². The summed E-state index contributed by atoms with van der Waals surface area (Å²) in [4.78, 5) is 12.4. The molecule has 1 aromatic carbocycles. The van der Waals surface area contributed by atoms with Crippen molar-refractivity contribution in [2.75, 3.05) is 12.4 Å². The molecule has 8 heteroatoms. The summed E-state index contributed by atoms with van der Waals surface area (Å²) in [6.45, 7) is 5.78. The Bertz CT molecular complexity index is 731. The first kappa shape index (κ1) is 18.5. The van der Waals surface area contributed by atoms with Gasteiger partial charge < -0.3 is 10.1 Å². The number of benzene rings is 1. The zero-order valence-electron chi connectivity index (χ0n) is 13.2. The second kappa shape index (κ2) is 6.59. The van der Waals surface area contributed by atoms with E-state index in [1.54, 1.807) is 0 Å². The molecule has 1 saturated heterocycles. The molecule has 1 fully saturated rings. The Morgan fingerprint density at radius 1 is 1.39 bits per heavy atom. The molecule has 1 unspecified atom stereocenters. The molecule has 1 aliphatic rings. The fourth-order valence-corrected chi connectivity index (χ4v) is 4.38. The molecule has 0 radical (unpaired) electrons. The van der Waals surface area contributed by atoms with Crippen molar-refractivity contribution in [2.45, 2.75) is 43.7 Å². The average Bonchev–Trinajstić information content (AvgIpc) is 2.77. The van der Waals surface area contributed by atoms with E-state index in [0.717, 1.165) is 0 Å². The van der Waals surface area contributed by atoms with Gasteiger partial charge >= 0.3 is 0 Å². The van der Waals surface area contributed by atoms with Gasteiger partial charge in [0.15, 0.2) is 9.84 Å². The predicted molar refractivity (Wildman–Crippen MR) is 90.1 cm³/mol. The number of hydrogen-bond acceptors (Lipinski definition) is 4. The van der Waals surface area contributed by atoms with Gasteiger partial charge in [-0.15, -0.1) is 0 Å².